The molecule has 33 heavy (non-hydrogen) atoms. The summed E-state index contributed by atoms with van der Waals surface area (Å²) in [4.78, 5) is 6.97. The van der Waals surface area contributed by atoms with E-state index in [1.54, 1.807) is 6.07 Å². The lowest BCUT2D eigenvalue weighted by Crippen LogP contribution is -2.36. The molecule has 1 heterocycles. The number of hydrogen-bond acceptors (Lipinski definition) is 4. The maximum atomic E-state index is 15.1. The molecule has 0 bridgehead atoms. The van der Waals surface area contributed by atoms with E-state index in [0.717, 1.165) is 67.4 Å². The average molecular weight is 456 g/mol. The Morgan fingerprint density at radius 2 is 1.55 bits per heavy atom. The van der Waals surface area contributed by atoms with Gasteiger partial charge in [-0.1, -0.05) is 0 Å². The van der Waals surface area contributed by atoms with E-state index in [0.29, 0.717) is 23.5 Å². The summed E-state index contributed by atoms with van der Waals surface area (Å²) in [6.07, 6.45) is 6.45. The number of nitrogens with zero attached hydrogens (tertiary/aromatic N) is 2. The number of halogens is 3. The third-order valence-corrected chi connectivity index (χ3v) is 7.03. The Labute approximate surface area is 191 Å². The van der Waals surface area contributed by atoms with E-state index in [-0.39, 0.29) is 11.1 Å². The minimum atomic E-state index is -1.12. The van der Waals surface area contributed by atoms with Gasteiger partial charge in [0.15, 0.2) is 17.4 Å². The van der Waals surface area contributed by atoms with Crippen LogP contribution < -0.4 is 5.32 Å². The number of aromatic hydroxyl groups is 1. The van der Waals surface area contributed by atoms with Gasteiger partial charge >= 0.3 is 0 Å². The molecule has 174 valence electrons. The Bertz CT molecular complexity index is 1180. The molecule has 1 aromatic heterocycles. The number of fused-ring (bicyclic) bond motifs is 1. The molecule has 2 aliphatic rings. The van der Waals surface area contributed by atoms with Crippen LogP contribution in [0.25, 0.3) is 22.0 Å². The molecule has 0 amide bonds. The van der Waals surface area contributed by atoms with E-state index in [2.05, 4.69) is 30.4 Å². The standard InChI is InChI=1S/C26H28F3N3O/c1-32(2)17-7-5-16(6-8-17)30-25-13-23(14-3-4-14)31-24-12-20(27)18(11-19(24)25)15-9-21(28)26(33)22(29)10-15/h9-14,16-17,33H,3-8H2,1-2H3,(H,30,31). The Morgan fingerprint density at radius 1 is 0.879 bits per heavy atom. The van der Waals surface area contributed by atoms with Gasteiger partial charge in [-0.3, -0.25) is 4.98 Å². The van der Waals surface area contributed by atoms with Crippen LogP contribution in [0.1, 0.15) is 50.1 Å². The van der Waals surface area contributed by atoms with E-state index in [1.165, 1.54) is 6.07 Å². The zero-order valence-electron chi connectivity index (χ0n) is 18.8. The summed E-state index contributed by atoms with van der Waals surface area (Å²) in [6.45, 7) is 0. The number of pyridine rings is 1. The van der Waals surface area contributed by atoms with Crippen molar-refractivity contribution in [1.82, 2.24) is 9.88 Å². The number of phenols is 1. The number of nitrogens with one attached hydrogen (secondary N) is 1. The molecule has 3 aromatic rings. The molecular weight excluding hydrogens is 427 g/mol. The molecule has 0 radical (unpaired) electrons. The topological polar surface area (TPSA) is 48.4 Å². The lowest BCUT2D eigenvalue weighted by molar-refractivity contribution is 0.221. The van der Waals surface area contributed by atoms with Crippen LogP contribution in [-0.2, 0) is 0 Å². The fraction of sp³-hybridized carbons (Fsp3) is 0.423. The van der Waals surface area contributed by atoms with Gasteiger partial charge in [-0.05, 0) is 82.4 Å². The molecule has 5 rings (SSSR count). The van der Waals surface area contributed by atoms with Crippen molar-refractivity contribution in [2.45, 2.75) is 56.5 Å². The summed E-state index contributed by atoms with van der Waals surface area (Å²) in [5.74, 6) is -3.51. The minimum absolute atomic E-state index is 0.0333. The molecule has 4 nitrogen and oxygen atoms in total. The number of rotatable bonds is 5. The molecule has 2 N–H and O–H groups in total. The Kier molecular flexibility index (Phi) is 5.69. The van der Waals surface area contributed by atoms with Crippen molar-refractivity contribution >= 4 is 16.6 Å². The van der Waals surface area contributed by atoms with Crippen LogP contribution in [0.5, 0.6) is 5.75 Å². The molecule has 2 aliphatic carbocycles. The number of anilines is 1. The fourth-order valence-electron chi connectivity index (χ4n) is 4.87. The van der Waals surface area contributed by atoms with Crippen LogP contribution in [-0.4, -0.2) is 41.2 Å². The van der Waals surface area contributed by atoms with Gasteiger partial charge in [0.25, 0.3) is 0 Å². The Hall–Kier alpha value is -2.80. The summed E-state index contributed by atoms with van der Waals surface area (Å²) < 4.78 is 43.0. The summed E-state index contributed by atoms with van der Waals surface area (Å²) in [5.41, 5.74) is 2.48. The van der Waals surface area contributed by atoms with Gasteiger partial charge in [0.2, 0.25) is 0 Å². The van der Waals surface area contributed by atoms with Crippen LogP contribution >= 0.6 is 0 Å². The summed E-state index contributed by atoms with van der Waals surface area (Å²) in [6, 6.07) is 7.78. The first-order chi connectivity index (χ1) is 15.8. The van der Waals surface area contributed by atoms with Crippen LogP contribution in [0.4, 0.5) is 18.9 Å². The number of hydrogen-bond donors (Lipinski definition) is 2. The quantitative estimate of drug-likeness (QED) is 0.482. The van der Waals surface area contributed by atoms with Crippen molar-refractivity contribution in [3.8, 4) is 16.9 Å². The molecule has 2 aromatic carbocycles. The van der Waals surface area contributed by atoms with Crippen LogP contribution in [0.3, 0.4) is 0 Å². The predicted molar refractivity (Wildman–Crippen MR) is 124 cm³/mol. The SMILES string of the molecule is CN(C)C1CCC(Nc2cc(C3CC3)nc3cc(F)c(-c4cc(F)c(O)c(F)c4)cc23)CC1. The van der Waals surface area contributed by atoms with Gasteiger partial charge < -0.3 is 15.3 Å². The first-order valence-electron chi connectivity index (χ1n) is 11.6. The monoisotopic (exact) mass is 455 g/mol. The van der Waals surface area contributed by atoms with Gasteiger partial charge in [0.1, 0.15) is 5.82 Å². The third-order valence-electron chi connectivity index (χ3n) is 7.03. The normalized spacial score (nSPS) is 21.0. The van der Waals surface area contributed by atoms with Crippen molar-refractivity contribution in [2.75, 3.05) is 19.4 Å². The lowest BCUT2D eigenvalue weighted by Gasteiger charge is -2.33. The third kappa shape index (κ3) is 4.38. The maximum absolute atomic E-state index is 15.1. The molecule has 0 atom stereocenters. The highest BCUT2D eigenvalue weighted by Crippen LogP contribution is 2.42. The summed E-state index contributed by atoms with van der Waals surface area (Å²) in [5, 5.41) is 13.8. The molecule has 0 aliphatic heterocycles. The van der Waals surface area contributed by atoms with E-state index >= 15 is 4.39 Å². The van der Waals surface area contributed by atoms with Crippen LogP contribution in [0, 0.1) is 17.5 Å². The van der Waals surface area contributed by atoms with Crippen molar-refractivity contribution in [1.29, 1.82) is 0 Å². The second-order valence-corrected chi connectivity index (χ2v) is 9.62. The molecule has 0 saturated heterocycles. The first-order valence-corrected chi connectivity index (χ1v) is 11.6. The Balaban J connectivity index is 1.55. The van der Waals surface area contributed by atoms with Crippen molar-refractivity contribution in [2.24, 2.45) is 0 Å². The van der Waals surface area contributed by atoms with Crippen LogP contribution in [0.15, 0.2) is 30.3 Å². The molecule has 2 saturated carbocycles. The van der Waals surface area contributed by atoms with Crippen molar-refractivity contribution in [3.63, 3.8) is 0 Å². The smallest absolute Gasteiger partial charge is 0.187 e. The van der Waals surface area contributed by atoms with E-state index in [4.69, 9.17) is 4.98 Å². The second-order valence-electron chi connectivity index (χ2n) is 9.62. The second kappa shape index (κ2) is 8.52. The minimum Gasteiger partial charge on any atom is -0.503 e. The Morgan fingerprint density at radius 3 is 2.15 bits per heavy atom. The van der Waals surface area contributed by atoms with Gasteiger partial charge in [0, 0.05) is 46.4 Å². The maximum Gasteiger partial charge on any atom is 0.187 e. The molecule has 7 heteroatoms. The number of benzene rings is 2. The number of aromatic nitrogens is 1. The van der Waals surface area contributed by atoms with Crippen molar-refractivity contribution < 1.29 is 18.3 Å². The molecule has 0 spiro atoms. The van der Waals surface area contributed by atoms with E-state index in [1.807, 2.05) is 0 Å². The predicted octanol–water partition coefficient (Wildman–Crippen LogP) is 6.19. The lowest BCUT2D eigenvalue weighted by atomic mass is 9.90. The van der Waals surface area contributed by atoms with Crippen LogP contribution in [0.2, 0.25) is 0 Å². The number of phenolic OH excluding ortho intramolecular Hbond substituents is 1. The largest absolute Gasteiger partial charge is 0.503 e. The summed E-state index contributed by atoms with van der Waals surface area (Å²) >= 11 is 0. The zero-order chi connectivity index (χ0) is 23.3. The zero-order valence-corrected chi connectivity index (χ0v) is 18.8. The van der Waals surface area contributed by atoms with Gasteiger partial charge in [0.05, 0.1) is 5.52 Å². The van der Waals surface area contributed by atoms with E-state index in [9.17, 15) is 13.9 Å². The highest BCUT2D eigenvalue weighted by Gasteiger charge is 2.28. The van der Waals surface area contributed by atoms with E-state index < -0.39 is 23.2 Å². The highest BCUT2D eigenvalue weighted by molar-refractivity contribution is 5.95. The van der Waals surface area contributed by atoms with Gasteiger partial charge in [-0.25, -0.2) is 13.2 Å². The average Bonchev–Trinajstić information content (AvgIpc) is 3.62. The van der Waals surface area contributed by atoms with Gasteiger partial charge in [-0.2, -0.15) is 0 Å². The highest BCUT2D eigenvalue weighted by atomic mass is 19.1. The van der Waals surface area contributed by atoms with Gasteiger partial charge in [-0.15, -0.1) is 0 Å². The first kappa shape index (κ1) is 22.0. The fourth-order valence-corrected chi connectivity index (χ4v) is 4.87. The molecule has 0 unspecified atom stereocenters. The molecule has 2 fully saturated rings. The molecular formula is C26H28F3N3O. The summed E-state index contributed by atoms with van der Waals surface area (Å²) in [7, 11) is 4.23. The van der Waals surface area contributed by atoms with Crippen molar-refractivity contribution in [3.05, 3.63) is 53.5 Å².